The average Bonchev–Trinajstić information content (AvgIpc) is 3.32. The second-order valence-electron chi connectivity index (χ2n) is 7.24. The molecule has 0 aliphatic carbocycles. The monoisotopic (exact) mass is 436 g/mol. The molecule has 0 aliphatic heterocycles. The van der Waals surface area contributed by atoms with Crippen LogP contribution in [0.4, 0.5) is 5.95 Å². The van der Waals surface area contributed by atoms with E-state index in [-0.39, 0.29) is 5.91 Å². The fraction of sp³-hybridized carbons (Fsp3) is 0.261. The molecule has 0 fully saturated rings. The fourth-order valence-electron chi connectivity index (χ4n) is 3.30. The molecule has 4 aromatic rings. The van der Waals surface area contributed by atoms with E-state index in [0.717, 1.165) is 27.7 Å². The lowest BCUT2D eigenvalue weighted by atomic mass is 10.0. The number of methoxy groups -OCH3 is 1. The Kier molecular flexibility index (Phi) is 6.18. The Labute approximate surface area is 184 Å². The molecular formula is C23H24N4O3S. The quantitative estimate of drug-likeness (QED) is 0.398. The Morgan fingerprint density at radius 2 is 1.90 bits per heavy atom. The predicted octanol–water partition coefficient (Wildman–Crippen LogP) is 4.88. The molecule has 0 spiro atoms. The summed E-state index contributed by atoms with van der Waals surface area (Å²) in [4.78, 5) is 17.5. The van der Waals surface area contributed by atoms with Crippen molar-refractivity contribution in [1.82, 2.24) is 14.6 Å². The van der Waals surface area contributed by atoms with Gasteiger partial charge in [0, 0.05) is 17.4 Å². The standard InChI is InChI=1S/C23H24N4O3S/c1-15-6-11-19(16(2)13-15)20-14-31-23-25-22(26-27(20)23)24-21(28)5-4-12-30-18-9-7-17(29-3)8-10-18/h6-11,13-14H,4-5,12H2,1-3H3,(H,24,26,28). The summed E-state index contributed by atoms with van der Waals surface area (Å²) in [6, 6.07) is 13.7. The van der Waals surface area contributed by atoms with E-state index in [1.54, 1.807) is 11.6 Å². The molecule has 2 aromatic carbocycles. The highest BCUT2D eigenvalue weighted by Crippen LogP contribution is 2.29. The normalized spacial score (nSPS) is 10.9. The third kappa shape index (κ3) is 4.86. The smallest absolute Gasteiger partial charge is 0.250 e. The molecule has 4 rings (SSSR count). The highest BCUT2D eigenvalue weighted by molar-refractivity contribution is 7.15. The summed E-state index contributed by atoms with van der Waals surface area (Å²) >= 11 is 1.50. The fourth-order valence-corrected chi connectivity index (χ4v) is 4.12. The van der Waals surface area contributed by atoms with Gasteiger partial charge < -0.3 is 9.47 Å². The summed E-state index contributed by atoms with van der Waals surface area (Å²) < 4.78 is 12.6. The van der Waals surface area contributed by atoms with Crippen LogP contribution in [0.2, 0.25) is 0 Å². The number of aromatic nitrogens is 3. The molecule has 0 unspecified atom stereocenters. The van der Waals surface area contributed by atoms with E-state index in [1.807, 2.05) is 29.6 Å². The number of carbonyl (C=O) groups is 1. The van der Waals surface area contributed by atoms with Crippen molar-refractivity contribution in [2.24, 2.45) is 0 Å². The molecule has 31 heavy (non-hydrogen) atoms. The van der Waals surface area contributed by atoms with Crippen LogP contribution < -0.4 is 14.8 Å². The first kappa shape index (κ1) is 20.9. The van der Waals surface area contributed by atoms with Gasteiger partial charge in [-0.05, 0) is 50.1 Å². The number of hydrogen-bond acceptors (Lipinski definition) is 6. The molecule has 0 aliphatic rings. The number of amides is 1. The number of carbonyl (C=O) groups excluding carboxylic acids is 1. The second kappa shape index (κ2) is 9.18. The number of thiazole rings is 1. The highest BCUT2D eigenvalue weighted by Gasteiger charge is 2.14. The molecule has 2 aromatic heterocycles. The van der Waals surface area contributed by atoms with Crippen LogP contribution in [-0.4, -0.2) is 34.2 Å². The second-order valence-corrected chi connectivity index (χ2v) is 8.08. The third-order valence-corrected chi connectivity index (χ3v) is 5.68. The summed E-state index contributed by atoms with van der Waals surface area (Å²) in [5, 5.41) is 9.31. The minimum Gasteiger partial charge on any atom is -0.497 e. The average molecular weight is 437 g/mol. The minimum atomic E-state index is -0.135. The van der Waals surface area contributed by atoms with Crippen molar-refractivity contribution in [2.75, 3.05) is 19.0 Å². The van der Waals surface area contributed by atoms with Gasteiger partial charge in [-0.1, -0.05) is 23.8 Å². The Morgan fingerprint density at radius 3 is 2.65 bits per heavy atom. The Balaban J connectivity index is 1.33. The van der Waals surface area contributed by atoms with Crippen molar-refractivity contribution < 1.29 is 14.3 Å². The van der Waals surface area contributed by atoms with Gasteiger partial charge in [0.1, 0.15) is 11.5 Å². The maximum Gasteiger partial charge on any atom is 0.250 e. The maximum atomic E-state index is 12.3. The van der Waals surface area contributed by atoms with E-state index in [9.17, 15) is 4.79 Å². The number of aryl methyl sites for hydroxylation is 2. The molecular weight excluding hydrogens is 412 g/mol. The van der Waals surface area contributed by atoms with Gasteiger partial charge in [0.15, 0.2) is 0 Å². The SMILES string of the molecule is COc1ccc(OCCCC(=O)Nc2nc3scc(-c4ccc(C)cc4C)n3n2)cc1. The molecule has 0 atom stereocenters. The third-order valence-electron chi connectivity index (χ3n) is 4.87. The first-order valence-corrected chi connectivity index (χ1v) is 10.9. The van der Waals surface area contributed by atoms with E-state index in [1.165, 1.54) is 22.5 Å². The molecule has 0 bridgehead atoms. The van der Waals surface area contributed by atoms with Gasteiger partial charge in [0.05, 0.1) is 19.4 Å². The topological polar surface area (TPSA) is 77.8 Å². The molecule has 0 saturated heterocycles. The van der Waals surface area contributed by atoms with Crippen molar-refractivity contribution in [3.05, 3.63) is 59.0 Å². The van der Waals surface area contributed by atoms with Gasteiger partial charge in [-0.15, -0.1) is 16.4 Å². The van der Waals surface area contributed by atoms with Gasteiger partial charge in [-0.2, -0.15) is 4.98 Å². The lowest BCUT2D eigenvalue weighted by molar-refractivity contribution is -0.116. The molecule has 0 radical (unpaired) electrons. The van der Waals surface area contributed by atoms with Gasteiger partial charge in [-0.3, -0.25) is 10.1 Å². The van der Waals surface area contributed by atoms with Gasteiger partial charge in [0.2, 0.25) is 16.8 Å². The lowest BCUT2D eigenvalue weighted by Crippen LogP contribution is -2.14. The lowest BCUT2D eigenvalue weighted by Gasteiger charge is -2.07. The summed E-state index contributed by atoms with van der Waals surface area (Å²) in [6.45, 7) is 4.60. The van der Waals surface area contributed by atoms with Gasteiger partial charge >= 0.3 is 0 Å². The summed E-state index contributed by atoms with van der Waals surface area (Å²) in [5.41, 5.74) is 4.47. The van der Waals surface area contributed by atoms with Crippen molar-refractivity contribution in [3.63, 3.8) is 0 Å². The Morgan fingerprint density at radius 1 is 1.13 bits per heavy atom. The summed E-state index contributed by atoms with van der Waals surface area (Å²) in [5.74, 6) is 1.71. The number of hydrogen-bond donors (Lipinski definition) is 1. The maximum absolute atomic E-state index is 12.3. The number of nitrogens with one attached hydrogen (secondary N) is 1. The molecule has 8 heteroatoms. The van der Waals surface area contributed by atoms with Crippen molar-refractivity contribution in [2.45, 2.75) is 26.7 Å². The van der Waals surface area contributed by atoms with E-state index in [0.29, 0.717) is 25.4 Å². The van der Waals surface area contributed by atoms with E-state index in [4.69, 9.17) is 9.47 Å². The molecule has 7 nitrogen and oxygen atoms in total. The minimum absolute atomic E-state index is 0.135. The van der Waals surface area contributed by atoms with E-state index in [2.05, 4.69) is 47.4 Å². The highest BCUT2D eigenvalue weighted by atomic mass is 32.1. The van der Waals surface area contributed by atoms with E-state index >= 15 is 0 Å². The zero-order valence-corrected chi connectivity index (χ0v) is 18.5. The van der Waals surface area contributed by atoms with E-state index < -0.39 is 0 Å². The van der Waals surface area contributed by atoms with Crippen molar-refractivity contribution in [3.8, 4) is 22.8 Å². The molecule has 1 amide bonds. The molecule has 0 saturated carbocycles. The Bertz CT molecular complexity index is 1200. The van der Waals surface area contributed by atoms with Crippen LogP contribution in [0, 0.1) is 13.8 Å². The number of benzene rings is 2. The van der Waals surface area contributed by atoms with Crippen LogP contribution in [0.15, 0.2) is 47.8 Å². The number of rotatable bonds is 8. The zero-order chi connectivity index (χ0) is 21.8. The number of nitrogens with zero attached hydrogens (tertiary/aromatic N) is 3. The van der Waals surface area contributed by atoms with Gasteiger partial charge in [0.25, 0.3) is 0 Å². The number of fused-ring (bicyclic) bond motifs is 1. The van der Waals surface area contributed by atoms with Gasteiger partial charge in [-0.25, -0.2) is 4.52 Å². The van der Waals surface area contributed by atoms with Crippen LogP contribution in [0.1, 0.15) is 24.0 Å². The number of anilines is 1. The molecule has 2 heterocycles. The molecule has 160 valence electrons. The largest absolute Gasteiger partial charge is 0.497 e. The van der Waals surface area contributed by atoms with Crippen molar-refractivity contribution in [1.29, 1.82) is 0 Å². The first-order valence-electron chi connectivity index (χ1n) is 10.0. The zero-order valence-electron chi connectivity index (χ0n) is 17.7. The Hall–Kier alpha value is -3.39. The van der Waals surface area contributed by atoms with Crippen LogP contribution >= 0.6 is 11.3 Å². The van der Waals surface area contributed by atoms with Crippen LogP contribution in [0.5, 0.6) is 11.5 Å². The molecule has 1 N–H and O–H groups in total. The first-order chi connectivity index (χ1) is 15.0. The van der Waals surface area contributed by atoms with Crippen LogP contribution in [0.3, 0.4) is 0 Å². The van der Waals surface area contributed by atoms with Crippen molar-refractivity contribution >= 4 is 28.2 Å². The number of ether oxygens (including phenoxy) is 2. The summed E-state index contributed by atoms with van der Waals surface area (Å²) in [6.07, 6.45) is 0.917. The van der Waals surface area contributed by atoms with Crippen LogP contribution in [0.25, 0.3) is 16.2 Å². The van der Waals surface area contributed by atoms with Crippen LogP contribution in [-0.2, 0) is 4.79 Å². The predicted molar refractivity (Wildman–Crippen MR) is 122 cm³/mol. The summed E-state index contributed by atoms with van der Waals surface area (Å²) in [7, 11) is 1.62.